The molecule has 94 valence electrons. The van der Waals surface area contributed by atoms with Crippen molar-refractivity contribution in [1.29, 1.82) is 0 Å². The van der Waals surface area contributed by atoms with Crippen LogP contribution in [-0.4, -0.2) is 17.1 Å². The van der Waals surface area contributed by atoms with Crippen molar-refractivity contribution in [2.24, 2.45) is 5.41 Å². The van der Waals surface area contributed by atoms with Gasteiger partial charge in [0.1, 0.15) is 0 Å². The van der Waals surface area contributed by atoms with Gasteiger partial charge in [-0.3, -0.25) is 0 Å². The van der Waals surface area contributed by atoms with Crippen LogP contribution in [0.5, 0.6) is 0 Å². The van der Waals surface area contributed by atoms with Crippen LogP contribution in [0.2, 0.25) is 0 Å². The van der Waals surface area contributed by atoms with Crippen molar-refractivity contribution in [3.63, 3.8) is 0 Å². The molecule has 1 saturated carbocycles. The maximum absolute atomic E-state index is 10.8. The van der Waals surface area contributed by atoms with E-state index in [9.17, 15) is 4.79 Å². The van der Waals surface area contributed by atoms with E-state index in [1.165, 1.54) is 30.6 Å². The van der Waals surface area contributed by atoms with Gasteiger partial charge in [-0.2, -0.15) is 0 Å². The molecule has 1 aliphatic carbocycles. The number of rotatable bonds is 4. The van der Waals surface area contributed by atoms with Crippen LogP contribution in [0.1, 0.15) is 48.3 Å². The van der Waals surface area contributed by atoms with Gasteiger partial charge in [0.15, 0.2) is 0 Å². The summed E-state index contributed by atoms with van der Waals surface area (Å²) in [6.45, 7) is 5.38. The molecule has 0 spiro atoms. The summed E-state index contributed by atoms with van der Waals surface area (Å²) >= 11 is 1.52. The molecule has 4 heteroatoms. The summed E-state index contributed by atoms with van der Waals surface area (Å²) in [5, 5.41) is 14.1. The SMILES string of the molecule is CC1(C)CCCC1NCc1cc(C(=O)O)cs1. The number of aromatic carboxylic acids is 1. The van der Waals surface area contributed by atoms with Crippen LogP contribution in [0.25, 0.3) is 0 Å². The lowest BCUT2D eigenvalue weighted by Gasteiger charge is -2.27. The van der Waals surface area contributed by atoms with E-state index < -0.39 is 5.97 Å². The molecular weight excluding hydrogens is 234 g/mol. The zero-order chi connectivity index (χ0) is 12.5. The van der Waals surface area contributed by atoms with E-state index in [-0.39, 0.29) is 0 Å². The Hall–Kier alpha value is -0.870. The second kappa shape index (κ2) is 4.78. The van der Waals surface area contributed by atoms with Gasteiger partial charge in [-0.15, -0.1) is 11.3 Å². The predicted octanol–water partition coefficient (Wildman–Crippen LogP) is 3.11. The van der Waals surface area contributed by atoms with Gasteiger partial charge in [-0.1, -0.05) is 20.3 Å². The average molecular weight is 253 g/mol. The summed E-state index contributed by atoms with van der Waals surface area (Å²) in [6, 6.07) is 2.32. The zero-order valence-corrected chi connectivity index (χ0v) is 11.1. The first-order valence-electron chi connectivity index (χ1n) is 6.03. The monoisotopic (exact) mass is 253 g/mol. The van der Waals surface area contributed by atoms with Crippen molar-refractivity contribution in [2.45, 2.75) is 45.7 Å². The van der Waals surface area contributed by atoms with Crippen molar-refractivity contribution in [3.05, 3.63) is 21.9 Å². The van der Waals surface area contributed by atoms with E-state index in [1.807, 2.05) is 0 Å². The highest BCUT2D eigenvalue weighted by atomic mass is 32.1. The molecule has 3 nitrogen and oxygen atoms in total. The molecular formula is C13H19NO2S. The maximum atomic E-state index is 10.8. The number of nitrogens with one attached hydrogen (secondary N) is 1. The van der Waals surface area contributed by atoms with Gasteiger partial charge in [-0.25, -0.2) is 4.79 Å². The lowest BCUT2D eigenvalue weighted by Crippen LogP contribution is -2.37. The normalized spacial score (nSPS) is 22.8. The van der Waals surface area contributed by atoms with Crippen LogP contribution in [0.3, 0.4) is 0 Å². The first-order chi connectivity index (χ1) is 7.99. The summed E-state index contributed by atoms with van der Waals surface area (Å²) in [5.41, 5.74) is 0.768. The Bertz CT molecular complexity index is 411. The molecule has 1 fully saturated rings. The molecule has 2 N–H and O–H groups in total. The van der Waals surface area contributed by atoms with Crippen LogP contribution >= 0.6 is 11.3 Å². The molecule has 1 heterocycles. The quantitative estimate of drug-likeness (QED) is 0.866. The van der Waals surface area contributed by atoms with Crippen molar-refractivity contribution in [1.82, 2.24) is 5.32 Å². The molecule has 1 aromatic heterocycles. The molecule has 0 amide bonds. The topological polar surface area (TPSA) is 49.3 Å². The van der Waals surface area contributed by atoms with E-state index in [4.69, 9.17) is 5.11 Å². The highest BCUT2D eigenvalue weighted by Crippen LogP contribution is 2.37. The minimum atomic E-state index is -0.839. The van der Waals surface area contributed by atoms with Crippen LogP contribution in [0.15, 0.2) is 11.4 Å². The third-order valence-electron chi connectivity index (χ3n) is 3.68. The zero-order valence-electron chi connectivity index (χ0n) is 10.3. The number of hydrogen-bond donors (Lipinski definition) is 2. The van der Waals surface area contributed by atoms with Gasteiger partial charge in [0, 0.05) is 22.8 Å². The van der Waals surface area contributed by atoms with Crippen LogP contribution in [0, 0.1) is 5.41 Å². The molecule has 1 aromatic rings. The van der Waals surface area contributed by atoms with Gasteiger partial charge >= 0.3 is 5.97 Å². The first kappa shape index (κ1) is 12.6. The van der Waals surface area contributed by atoms with Crippen molar-refractivity contribution in [3.8, 4) is 0 Å². The summed E-state index contributed by atoms with van der Waals surface area (Å²) in [6.07, 6.45) is 3.79. The molecule has 1 atom stereocenters. The van der Waals surface area contributed by atoms with Gasteiger partial charge in [0.05, 0.1) is 5.56 Å². The number of carboxylic acid groups (broad SMARTS) is 1. The minimum absolute atomic E-state index is 0.368. The largest absolute Gasteiger partial charge is 0.478 e. The van der Waals surface area contributed by atoms with Crippen molar-refractivity contribution < 1.29 is 9.90 Å². The fourth-order valence-electron chi connectivity index (χ4n) is 2.51. The number of carboxylic acids is 1. The Balaban J connectivity index is 1.91. The minimum Gasteiger partial charge on any atom is -0.478 e. The Labute approximate surface area is 106 Å². The average Bonchev–Trinajstić information content (AvgIpc) is 2.81. The molecule has 0 saturated heterocycles. The van der Waals surface area contributed by atoms with E-state index in [2.05, 4.69) is 19.2 Å². The van der Waals surface area contributed by atoms with E-state index in [0.29, 0.717) is 17.0 Å². The summed E-state index contributed by atoms with van der Waals surface area (Å²) in [7, 11) is 0. The molecule has 2 rings (SSSR count). The third kappa shape index (κ3) is 2.87. The Morgan fingerprint density at radius 1 is 1.65 bits per heavy atom. The number of hydrogen-bond acceptors (Lipinski definition) is 3. The number of carbonyl (C=O) groups is 1. The molecule has 0 bridgehead atoms. The van der Waals surface area contributed by atoms with E-state index >= 15 is 0 Å². The van der Waals surface area contributed by atoms with Crippen LogP contribution in [0.4, 0.5) is 0 Å². The standard InChI is InChI=1S/C13H19NO2S/c1-13(2)5-3-4-11(13)14-7-10-6-9(8-17-10)12(15)16/h6,8,11,14H,3-5,7H2,1-2H3,(H,15,16). The lowest BCUT2D eigenvalue weighted by molar-refractivity contribution is 0.0697. The van der Waals surface area contributed by atoms with Gasteiger partial charge in [0.2, 0.25) is 0 Å². The summed E-state index contributed by atoms with van der Waals surface area (Å²) in [5.74, 6) is -0.839. The fraction of sp³-hybridized carbons (Fsp3) is 0.615. The summed E-state index contributed by atoms with van der Waals surface area (Å²) in [4.78, 5) is 11.9. The first-order valence-corrected chi connectivity index (χ1v) is 6.91. The van der Waals surface area contributed by atoms with Crippen LogP contribution in [-0.2, 0) is 6.54 Å². The highest BCUT2D eigenvalue weighted by Gasteiger charge is 2.33. The smallest absolute Gasteiger partial charge is 0.336 e. The third-order valence-corrected chi connectivity index (χ3v) is 4.62. The lowest BCUT2D eigenvalue weighted by atomic mass is 9.87. The molecule has 1 unspecified atom stereocenters. The maximum Gasteiger partial charge on any atom is 0.336 e. The van der Waals surface area contributed by atoms with E-state index in [1.54, 1.807) is 11.4 Å². The Kier molecular flexibility index (Phi) is 3.54. The second-order valence-electron chi connectivity index (χ2n) is 5.42. The summed E-state index contributed by atoms with van der Waals surface area (Å²) < 4.78 is 0. The number of thiophene rings is 1. The van der Waals surface area contributed by atoms with Crippen molar-refractivity contribution in [2.75, 3.05) is 0 Å². The molecule has 0 aromatic carbocycles. The Morgan fingerprint density at radius 2 is 2.41 bits per heavy atom. The highest BCUT2D eigenvalue weighted by molar-refractivity contribution is 7.10. The molecule has 0 radical (unpaired) electrons. The van der Waals surface area contributed by atoms with E-state index in [0.717, 1.165) is 11.4 Å². The fourth-order valence-corrected chi connectivity index (χ4v) is 3.32. The van der Waals surface area contributed by atoms with Gasteiger partial charge in [0.25, 0.3) is 0 Å². The van der Waals surface area contributed by atoms with Gasteiger partial charge < -0.3 is 10.4 Å². The second-order valence-corrected chi connectivity index (χ2v) is 6.42. The molecule has 1 aliphatic rings. The molecule has 0 aliphatic heterocycles. The van der Waals surface area contributed by atoms with Crippen LogP contribution < -0.4 is 5.32 Å². The van der Waals surface area contributed by atoms with Gasteiger partial charge in [-0.05, 0) is 24.3 Å². The predicted molar refractivity (Wildman–Crippen MR) is 69.5 cm³/mol. The Morgan fingerprint density at radius 3 is 2.94 bits per heavy atom. The molecule has 17 heavy (non-hydrogen) atoms. The van der Waals surface area contributed by atoms with Crippen molar-refractivity contribution >= 4 is 17.3 Å².